The molecule has 0 saturated carbocycles. The topological polar surface area (TPSA) is 74.4 Å². The van der Waals surface area contributed by atoms with E-state index in [1.807, 2.05) is 32.9 Å². The SMILES string of the molecule is CCOc1cc(C(=O)NC[C@@H](c2ccco2)[NH+]2CCCC2)cc(OCC)c1OCC. The third-order valence-electron chi connectivity index (χ3n) is 5.26. The maximum atomic E-state index is 13.0. The molecule has 7 nitrogen and oxygen atoms in total. The molecule has 2 aromatic rings. The second-order valence-corrected chi connectivity index (χ2v) is 7.24. The average Bonchev–Trinajstić information content (AvgIpc) is 3.45. The van der Waals surface area contributed by atoms with Gasteiger partial charge in [-0.15, -0.1) is 0 Å². The van der Waals surface area contributed by atoms with Crippen LogP contribution in [0.5, 0.6) is 17.2 Å². The van der Waals surface area contributed by atoms with Crippen LogP contribution in [-0.4, -0.2) is 45.4 Å². The van der Waals surface area contributed by atoms with E-state index in [2.05, 4.69) is 5.32 Å². The van der Waals surface area contributed by atoms with Gasteiger partial charge in [0, 0.05) is 18.4 Å². The van der Waals surface area contributed by atoms with Crippen LogP contribution in [0.4, 0.5) is 0 Å². The Bertz CT molecular complexity index is 773. The summed E-state index contributed by atoms with van der Waals surface area (Å²) in [6.07, 6.45) is 4.10. The highest BCUT2D eigenvalue weighted by Gasteiger charge is 2.30. The number of nitrogens with one attached hydrogen (secondary N) is 2. The summed E-state index contributed by atoms with van der Waals surface area (Å²) < 4.78 is 22.8. The van der Waals surface area contributed by atoms with Crippen LogP contribution in [0.3, 0.4) is 0 Å². The highest BCUT2D eigenvalue weighted by Crippen LogP contribution is 2.39. The first-order chi connectivity index (χ1) is 14.7. The predicted octanol–water partition coefficient (Wildman–Crippen LogP) is 2.63. The van der Waals surface area contributed by atoms with Gasteiger partial charge < -0.3 is 28.8 Å². The second kappa shape index (κ2) is 10.9. The van der Waals surface area contributed by atoms with Crippen LogP contribution in [0, 0.1) is 0 Å². The normalized spacial score (nSPS) is 15.0. The molecule has 0 unspecified atom stereocenters. The van der Waals surface area contributed by atoms with Crippen LogP contribution in [0.1, 0.15) is 55.8 Å². The molecule has 164 valence electrons. The Morgan fingerprint density at radius 2 is 1.70 bits per heavy atom. The van der Waals surface area contributed by atoms with Crippen molar-refractivity contribution in [2.24, 2.45) is 0 Å². The van der Waals surface area contributed by atoms with Gasteiger partial charge in [-0.05, 0) is 45.0 Å². The van der Waals surface area contributed by atoms with Crippen LogP contribution < -0.4 is 24.4 Å². The molecule has 1 atom stereocenters. The summed E-state index contributed by atoms with van der Waals surface area (Å²) in [7, 11) is 0. The lowest BCUT2D eigenvalue weighted by molar-refractivity contribution is -0.919. The molecule has 0 aliphatic carbocycles. The largest absolute Gasteiger partial charge is 0.490 e. The summed E-state index contributed by atoms with van der Waals surface area (Å²) in [5, 5.41) is 3.08. The number of likely N-dealkylation sites (tertiary alicyclic amines) is 1. The first-order valence-corrected chi connectivity index (χ1v) is 10.9. The number of amides is 1. The predicted molar refractivity (Wildman–Crippen MR) is 114 cm³/mol. The lowest BCUT2D eigenvalue weighted by Crippen LogP contribution is -3.11. The van der Waals surface area contributed by atoms with Crippen LogP contribution >= 0.6 is 0 Å². The van der Waals surface area contributed by atoms with Gasteiger partial charge in [0.1, 0.15) is 0 Å². The smallest absolute Gasteiger partial charge is 0.251 e. The molecule has 1 saturated heterocycles. The Morgan fingerprint density at radius 3 is 2.23 bits per heavy atom. The molecular weight excluding hydrogens is 384 g/mol. The van der Waals surface area contributed by atoms with E-state index >= 15 is 0 Å². The molecule has 1 aromatic carbocycles. The zero-order valence-corrected chi connectivity index (χ0v) is 18.2. The molecule has 3 rings (SSSR count). The fourth-order valence-electron chi connectivity index (χ4n) is 3.93. The summed E-state index contributed by atoms with van der Waals surface area (Å²) >= 11 is 0. The maximum Gasteiger partial charge on any atom is 0.251 e. The van der Waals surface area contributed by atoms with Gasteiger partial charge in [-0.2, -0.15) is 0 Å². The van der Waals surface area contributed by atoms with E-state index in [1.165, 1.54) is 17.7 Å². The van der Waals surface area contributed by atoms with E-state index in [0.717, 1.165) is 18.8 Å². The molecule has 30 heavy (non-hydrogen) atoms. The molecular formula is C23H33N2O5+. The summed E-state index contributed by atoms with van der Waals surface area (Å²) in [6.45, 7) is 9.80. The van der Waals surface area contributed by atoms with E-state index in [0.29, 0.717) is 49.2 Å². The molecule has 0 spiro atoms. The molecule has 1 fully saturated rings. The third kappa shape index (κ3) is 5.27. The van der Waals surface area contributed by atoms with Gasteiger partial charge in [-0.1, -0.05) is 0 Å². The first kappa shape index (κ1) is 22.0. The van der Waals surface area contributed by atoms with Crippen molar-refractivity contribution >= 4 is 5.91 Å². The number of carbonyl (C=O) groups excluding carboxylic acids is 1. The first-order valence-electron chi connectivity index (χ1n) is 10.9. The Kier molecular flexibility index (Phi) is 8.02. The minimum absolute atomic E-state index is 0.104. The van der Waals surface area contributed by atoms with Gasteiger partial charge in [0.15, 0.2) is 23.3 Å². The van der Waals surface area contributed by atoms with Gasteiger partial charge in [-0.3, -0.25) is 4.79 Å². The molecule has 1 amide bonds. The van der Waals surface area contributed by atoms with E-state index in [4.69, 9.17) is 18.6 Å². The fraction of sp³-hybridized carbons (Fsp3) is 0.522. The van der Waals surface area contributed by atoms with Crippen molar-refractivity contribution < 1.29 is 28.3 Å². The van der Waals surface area contributed by atoms with Crippen molar-refractivity contribution in [3.8, 4) is 17.2 Å². The van der Waals surface area contributed by atoms with Gasteiger partial charge in [0.05, 0.1) is 45.7 Å². The quantitative estimate of drug-likeness (QED) is 0.588. The number of benzene rings is 1. The number of hydrogen-bond donors (Lipinski definition) is 2. The summed E-state index contributed by atoms with van der Waals surface area (Å²) in [5.74, 6) is 2.30. The van der Waals surface area contributed by atoms with Gasteiger partial charge in [0.25, 0.3) is 5.91 Å². The van der Waals surface area contributed by atoms with Gasteiger partial charge in [0.2, 0.25) is 5.75 Å². The zero-order valence-electron chi connectivity index (χ0n) is 18.2. The molecule has 0 radical (unpaired) electrons. The summed E-state index contributed by atoms with van der Waals surface area (Å²) in [5.41, 5.74) is 0.486. The Balaban J connectivity index is 1.79. The standard InChI is InChI=1S/C23H32N2O5/c1-4-27-20-14-17(15-21(28-5-2)22(20)29-6-3)23(26)24-16-18(19-10-9-13-30-19)25-11-7-8-12-25/h9-10,13-15,18H,4-8,11-12,16H2,1-3H3,(H,24,26)/p+1/t18-/m0/s1. The summed E-state index contributed by atoms with van der Waals surface area (Å²) in [4.78, 5) is 14.5. The van der Waals surface area contributed by atoms with Crippen molar-refractivity contribution in [2.45, 2.75) is 39.7 Å². The van der Waals surface area contributed by atoms with E-state index in [1.54, 1.807) is 18.4 Å². The van der Waals surface area contributed by atoms with Crippen LogP contribution in [0.25, 0.3) is 0 Å². The Hall–Kier alpha value is -2.67. The van der Waals surface area contributed by atoms with Crippen molar-refractivity contribution in [2.75, 3.05) is 39.5 Å². The number of rotatable bonds is 11. The van der Waals surface area contributed by atoms with Crippen molar-refractivity contribution in [3.05, 3.63) is 41.9 Å². The molecule has 7 heteroatoms. The zero-order chi connectivity index (χ0) is 21.3. The highest BCUT2D eigenvalue weighted by molar-refractivity contribution is 5.95. The number of carbonyl (C=O) groups is 1. The van der Waals surface area contributed by atoms with E-state index in [9.17, 15) is 4.79 Å². The third-order valence-corrected chi connectivity index (χ3v) is 5.26. The number of furan rings is 1. The van der Waals surface area contributed by atoms with E-state index in [-0.39, 0.29) is 11.9 Å². The number of quaternary nitrogens is 1. The van der Waals surface area contributed by atoms with Crippen molar-refractivity contribution in [3.63, 3.8) is 0 Å². The van der Waals surface area contributed by atoms with Gasteiger partial charge >= 0.3 is 0 Å². The van der Waals surface area contributed by atoms with E-state index < -0.39 is 0 Å². The average molecular weight is 418 g/mol. The lowest BCUT2D eigenvalue weighted by atomic mass is 10.1. The monoisotopic (exact) mass is 417 g/mol. The Morgan fingerprint density at radius 1 is 1.07 bits per heavy atom. The molecule has 0 bridgehead atoms. The Labute approximate surface area is 178 Å². The number of hydrogen-bond acceptors (Lipinski definition) is 5. The van der Waals surface area contributed by atoms with Crippen LogP contribution in [-0.2, 0) is 0 Å². The van der Waals surface area contributed by atoms with Crippen molar-refractivity contribution in [1.29, 1.82) is 0 Å². The van der Waals surface area contributed by atoms with Crippen LogP contribution in [0.2, 0.25) is 0 Å². The maximum absolute atomic E-state index is 13.0. The molecule has 1 aliphatic heterocycles. The summed E-state index contributed by atoms with van der Waals surface area (Å²) in [6, 6.07) is 7.43. The molecule has 2 N–H and O–H groups in total. The molecule has 1 aromatic heterocycles. The fourth-order valence-corrected chi connectivity index (χ4v) is 3.93. The second-order valence-electron chi connectivity index (χ2n) is 7.24. The van der Waals surface area contributed by atoms with Crippen molar-refractivity contribution in [1.82, 2.24) is 5.32 Å². The highest BCUT2D eigenvalue weighted by atomic mass is 16.5. The minimum atomic E-state index is -0.171. The molecule has 2 heterocycles. The molecule has 1 aliphatic rings. The van der Waals surface area contributed by atoms with Gasteiger partial charge in [-0.25, -0.2) is 0 Å². The minimum Gasteiger partial charge on any atom is -0.490 e. The van der Waals surface area contributed by atoms with Crippen LogP contribution in [0.15, 0.2) is 34.9 Å². The number of ether oxygens (including phenoxy) is 3. The lowest BCUT2D eigenvalue weighted by Gasteiger charge is -2.23.